The minimum atomic E-state index is -1.04. The molecule has 1 aromatic heterocycles. The highest BCUT2D eigenvalue weighted by Crippen LogP contribution is 2.14. The number of aryl methyl sites for hydroxylation is 1. The van der Waals surface area contributed by atoms with Crippen molar-refractivity contribution >= 4 is 11.9 Å². The second kappa shape index (κ2) is 7.95. The average molecular weight is 311 g/mol. The number of nitrogens with one attached hydrogen (secondary N) is 1. The number of aromatic carboxylic acids is 1. The van der Waals surface area contributed by atoms with Crippen molar-refractivity contribution in [3.05, 3.63) is 23.2 Å². The van der Waals surface area contributed by atoms with Gasteiger partial charge in [-0.05, 0) is 25.8 Å². The summed E-state index contributed by atoms with van der Waals surface area (Å²) in [6.07, 6.45) is 2.48. The van der Waals surface area contributed by atoms with Gasteiger partial charge in [0.2, 0.25) is 5.91 Å². The van der Waals surface area contributed by atoms with Crippen LogP contribution in [0, 0.1) is 6.92 Å². The fraction of sp³-hybridized carbons (Fsp3) is 0.600. The molecule has 7 heteroatoms. The highest BCUT2D eigenvalue weighted by Gasteiger charge is 2.16. The zero-order valence-electron chi connectivity index (χ0n) is 12.6. The number of carboxylic acids is 1. The fourth-order valence-corrected chi connectivity index (χ4v) is 2.27. The minimum Gasteiger partial charge on any atom is -0.478 e. The van der Waals surface area contributed by atoms with Gasteiger partial charge < -0.3 is 24.3 Å². The summed E-state index contributed by atoms with van der Waals surface area (Å²) < 4.78 is 16.1. The van der Waals surface area contributed by atoms with E-state index in [0.717, 1.165) is 19.4 Å². The number of amides is 1. The third-order valence-corrected chi connectivity index (χ3v) is 3.46. The Hall–Kier alpha value is -1.86. The van der Waals surface area contributed by atoms with Gasteiger partial charge in [-0.3, -0.25) is 4.79 Å². The second-order valence-electron chi connectivity index (χ2n) is 5.22. The van der Waals surface area contributed by atoms with Crippen LogP contribution in [0.4, 0.5) is 0 Å². The third kappa shape index (κ3) is 4.85. The van der Waals surface area contributed by atoms with Crippen molar-refractivity contribution in [3.63, 3.8) is 0 Å². The van der Waals surface area contributed by atoms with Gasteiger partial charge in [0.05, 0.1) is 25.9 Å². The summed E-state index contributed by atoms with van der Waals surface area (Å²) in [7, 11) is 0. The van der Waals surface area contributed by atoms with Crippen LogP contribution in [-0.4, -0.2) is 42.9 Å². The smallest absolute Gasteiger partial charge is 0.339 e. The third-order valence-electron chi connectivity index (χ3n) is 3.46. The molecule has 2 heterocycles. The Morgan fingerprint density at radius 3 is 2.95 bits per heavy atom. The maximum atomic E-state index is 11.7. The topological polar surface area (TPSA) is 98.0 Å². The van der Waals surface area contributed by atoms with Gasteiger partial charge in [-0.15, -0.1) is 0 Å². The minimum absolute atomic E-state index is 0.115. The summed E-state index contributed by atoms with van der Waals surface area (Å²) in [4.78, 5) is 22.5. The van der Waals surface area contributed by atoms with Gasteiger partial charge in [-0.1, -0.05) is 0 Å². The van der Waals surface area contributed by atoms with Crippen LogP contribution in [0.3, 0.4) is 0 Å². The number of furan rings is 1. The Labute approximate surface area is 128 Å². The zero-order chi connectivity index (χ0) is 15.9. The highest BCUT2D eigenvalue weighted by molar-refractivity contribution is 5.88. The molecule has 1 aromatic rings. The molecule has 0 bridgehead atoms. The van der Waals surface area contributed by atoms with Crippen LogP contribution < -0.4 is 5.32 Å². The summed E-state index contributed by atoms with van der Waals surface area (Å²) in [5, 5.41) is 11.6. The molecule has 1 atom stereocenters. The molecule has 2 N–H and O–H groups in total. The van der Waals surface area contributed by atoms with E-state index < -0.39 is 5.97 Å². The van der Waals surface area contributed by atoms with Crippen molar-refractivity contribution in [2.24, 2.45) is 0 Å². The van der Waals surface area contributed by atoms with Crippen LogP contribution in [0.15, 0.2) is 10.5 Å². The first-order valence-corrected chi connectivity index (χ1v) is 7.35. The van der Waals surface area contributed by atoms with Crippen molar-refractivity contribution in [1.29, 1.82) is 0 Å². The summed E-state index contributed by atoms with van der Waals surface area (Å²) in [5.74, 6) is -0.459. The molecule has 1 fully saturated rings. The molecule has 0 radical (unpaired) electrons. The Morgan fingerprint density at radius 2 is 2.32 bits per heavy atom. The Morgan fingerprint density at radius 1 is 1.50 bits per heavy atom. The summed E-state index contributed by atoms with van der Waals surface area (Å²) in [5.41, 5.74) is 0.115. The molecule has 1 aliphatic rings. The lowest BCUT2D eigenvalue weighted by Gasteiger charge is -2.09. The Bertz CT molecular complexity index is 518. The highest BCUT2D eigenvalue weighted by atomic mass is 16.5. The summed E-state index contributed by atoms with van der Waals surface area (Å²) in [6.45, 7) is 3.39. The molecule has 122 valence electrons. The molecular formula is C15H21NO6. The van der Waals surface area contributed by atoms with E-state index in [4.69, 9.17) is 19.0 Å². The van der Waals surface area contributed by atoms with Crippen molar-refractivity contribution < 1.29 is 28.6 Å². The number of carbonyl (C=O) groups excluding carboxylic acids is 1. The SMILES string of the molecule is Cc1oc(CNC(=O)CCOCC2CCCO2)cc1C(=O)O. The number of rotatable bonds is 8. The van der Waals surface area contributed by atoms with Crippen molar-refractivity contribution in [2.45, 2.75) is 38.8 Å². The van der Waals surface area contributed by atoms with E-state index in [2.05, 4.69) is 5.32 Å². The van der Waals surface area contributed by atoms with E-state index in [1.807, 2.05) is 0 Å². The standard InChI is InChI=1S/C15H21NO6/c1-10-13(15(18)19)7-12(22-10)8-16-14(17)4-6-20-9-11-3-2-5-21-11/h7,11H,2-6,8-9H2,1H3,(H,16,17)(H,18,19). The van der Waals surface area contributed by atoms with E-state index in [0.29, 0.717) is 24.7 Å². The van der Waals surface area contributed by atoms with Crippen molar-refractivity contribution in [2.75, 3.05) is 19.8 Å². The van der Waals surface area contributed by atoms with Crippen LogP contribution >= 0.6 is 0 Å². The van der Waals surface area contributed by atoms with Crippen LogP contribution in [0.2, 0.25) is 0 Å². The molecule has 1 saturated heterocycles. The molecule has 1 unspecified atom stereocenters. The second-order valence-corrected chi connectivity index (χ2v) is 5.22. The molecule has 0 aromatic carbocycles. The number of hydrogen-bond donors (Lipinski definition) is 2. The molecule has 0 saturated carbocycles. The van der Waals surface area contributed by atoms with Crippen LogP contribution in [0.5, 0.6) is 0 Å². The van der Waals surface area contributed by atoms with Gasteiger partial charge >= 0.3 is 5.97 Å². The van der Waals surface area contributed by atoms with E-state index in [9.17, 15) is 9.59 Å². The number of hydrogen-bond acceptors (Lipinski definition) is 5. The van der Waals surface area contributed by atoms with Crippen LogP contribution in [0.25, 0.3) is 0 Å². The first-order chi connectivity index (χ1) is 10.6. The molecule has 7 nitrogen and oxygen atoms in total. The molecule has 0 spiro atoms. The molecule has 22 heavy (non-hydrogen) atoms. The van der Waals surface area contributed by atoms with Crippen molar-refractivity contribution in [1.82, 2.24) is 5.32 Å². The maximum absolute atomic E-state index is 11.7. The Kier molecular flexibility index (Phi) is 5.97. The first kappa shape index (κ1) is 16.5. The summed E-state index contributed by atoms with van der Waals surface area (Å²) >= 11 is 0. The van der Waals surface area contributed by atoms with Gasteiger partial charge in [0.1, 0.15) is 17.1 Å². The Balaban J connectivity index is 1.62. The monoisotopic (exact) mass is 311 g/mol. The van der Waals surface area contributed by atoms with Gasteiger partial charge in [0.15, 0.2) is 0 Å². The largest absolute Gasteiger partial charge is 0.478 e. The number of carboxylic acid groups (broad SMARTS) is 1. The van der Waals surface area contributed by atoms with E-state index >= 15 is 0 Å². The lowest BCUT2D eigenvalue weighted by atomic mass is 10.2. The normalized spacial score (nSPS) is 17.6. The van der Waals surface area contributed by atoms with Crippen molar-refractivity contribution in [3.8, 4) is 0 Å². The van der Waals surface area contributed by atoms with E-state index in [-0.39, 0.29) is 30.5 Å². The maximum Gasteiger partial charge on any atom is 0.339 e. The predicted octanol–water partition coefficient (Wildman–Crippen LogP) is 1.49. The zero-order valence-corrected chi connectivity index (χ0v) is 12.6. The number of ether oxygens (including phenoxy) is 2. The van der Waals surface area contributed by atoms with Gasteiger partial charge in [-0.25, -0.2) is 4.79 Å². The molecule has 1 amide bonds. The predicted molar refractivity (Wildman–Crippen MR) is 76.7 cm³/mol. The van der Waals surface area contributed by atoms with E-state index in [1.54, 1.807) is 6.92 Å². The van der Waals surface area contributed by atoms with E-state index in [1.165, 1.54) is 6.07 Å². The van der Waals surface area contributed by atoms with Gasteiger partial charge in [0, 0.05) is 13.0 Å². The number of carbonyl (C=O) groups is 2. The lowest BCUT2D eigenvalue weighted by Crippen LogP contribution is -2.24. The van der Waals surface area contributed by atoms with Crippen LogP contribution in [0.1, 0.15) is 41.1 Å². The molecule has 1 aliphatic heterocycles. The van der Waals surface area contributed by atoms with Gasteiger partial charge in [0.25, 0.3) is 0 Å². The molecule has 0 aliphatic carbocycles. The van der Waals surface area contributed by atoms with Gasteiger partial charge in [-0.2, -0.15) is 0 Å². The molecule has 2 rings (SSSR count). The van der Waals surface area contributed by atoms with Crippen LogP contribution in [-0.2, 0) is 20.8 Å². The first-order valence-electron chi connectivity index (χ1n) is 7.35. The lowest BCUT2D eigenvalue weighted by molar-refractivity contribution is -0.122. The fourth-order valence-electron chi connectivity index (χ4n) is 2.27. The quantitative estimate of drug-likeness (QED) is 0.706. The molecular weight excluding hydrogens is 290 g/mol. The summed E-state index contributed by atoms with van der Waals surface area (Å²) in [6, 6.07) is 1.42. The average Bonchev–Trinajstić information content (AvgIpc) is 3.10.